The summed E-state index contributed by atoms with van der Waals surface area (Å²) in [6, 6.07) is 12.4. The molecule has 0 saturated carbocycles. The maximum Gasteiger partial charge on any atom is 0.295 e. The first-order valence-corrected chi connectivity index (χ1v) is 9.47. The van der Waals surface area contributed by atoms with Gasteiger partial charge in [-0.3, -0.25) is 5.84 Å². The van der Waals surface area contributed by atoms with Gasteiger partial charge in [0.2, 0.25) is 0 Å². The van der Waals surface area contributed by atoms with E-state index in [1.165, 1.54) is 22.9 Å². The zero-order chi connectivity index (χ0) is 20.2. The SMILES string of the molecule is Cc1ccc(S(=O)(=O)[O-])cc1.Cc1nn(Cc2ccccc2F)c(C)[n+]1N. The van der Waals surface area contributed by atoms with Crippen LogP contribution < -0.4 is 10.5 Å². The summed E-state index contributed by atoms with van der Waals surface area (Å²) < 4.78 is 47.8. The van der Waals surface area contributed by atoms with E-state index in [0.717, 1.165) is 11.4 Å². The van der Waals surface area contributed by atoms with Gasteiger partial charge in [-0.1, -0.05) is 35.9 Å². The average molecular weight is 392 g/mol. The molecule has 0 aliphatic rings. The van der Waals surface area contributed by atoms with Crippen LogP contribution in [-0.4, -0.2) is 22.8 Å². The van der Waals surface area contributed by atoms with Crippen LogP contribution in [0.2, 0.25) is 0 Å². The number of aromatic nitrogens is 3. The van der Waals surface area contributed by atoms with Crippen molar-refractivity contribution in [3.63, 3.8) is 0 Å². The van der Waals surface area contributed by atoms with Gasteiger partial charge in [-0.25, -0.2) is 12.8 Å². The Kier molecular flexibility index (Phi) is 6.29. The largest absolute Gasteiger partial charge is 0.744 e. The highest BCUT2D eigenvalue weighted by Gasteiger charge is 2.18. The van der Waals surface area contributed by atoms with Gasteiger partial charge in [-0.2, -0.15) is 0 Å². The Labute approximate surface area is 157 Å². The lowest BCUT2D eigenvalue weighted by Gasteiger charge is -2.05. The van der Waals surface area contributed by atoms with Crippen molar-refractivity contribution >= 4 is 10.1 Å². The monoisotopic (exact) mass is 392 g/mol. The molecular formula is C18H21FN4O3S. The minimum Gasteiger partial charge on any atom is -0.744 e. The second-order valence-corrected chi connectivity index (χ2v) is 7.36. The summed E-state index contributed by atoms with van der Waals surface area (Å²) in [6.07, 6.45) is 0. The highest BCUT2D eigenvalue weighted by Crippen LogP contribution is 2.09. The van der Waals surface area contributed by atoms with Crippen LogP contribution in [0.15, 0.2) is 53.4 Å². The Balaban J connectivity index is 0.000000208. The van der Waals surface area contributed by atoms with E-state index in [4.69, 9.17) is 5.84 Å². The second-order valence-electron chi connectivity index (χ2n) is 5.98. The molecule has 0 radical (unpaired) electrons. The zero-order valence-electron chi connectivity index (χ0n) is 15.3. The van der Waals surface area contributed by atoms with E-state index in [0.29, 0.717) is 17.9 Å². The van der Waals surface area contributed by atoms with Crippen molar-refractivity contribution in [2.45, 2.75) is 32.2 Å². The predicted molar refractivity (Wildman–Crippen MR) is 96.7 cm³/mol. The van der Waals surface area contributed by atoms with Gasteiger partial charge in [0.15, 0.2) is 0 Å². The van der Waals surface area contributed by atoms with Gasteiger partial charge in [0.25, 0.3) is 11.6 Å². The first kappa shape index (κ1) is 20.5. The lowest BCUT2D eigenvalue weighted by Crippen LogP contribution is -2.48. The third-order valence-electron chi connectivity index (χ3n) is 3.92. The molecule has 0 saturated heterocycles. The number of hydrogen-bond donors (Lipinski definition) is 1. The van der Waals surface area contributed by atoms with Crippen LogP contribution in [0, 0.1) is 26.6 Å². The lowest BCUT2D eigenvalue weighted by atomic mass is 10.2. The molecule has 0 amide bonds. The predicted octanol–water partition coefficient (Wildman–Crippen LogP) is 1.59. The maximum atomic E-state index is 13.4. The fourth-order valence-electron chi connectivity index (χ4n) is 2.30. The molecule has 2 aromatic carbocycles. The summed E-state index contributed by atoms with van der Waals surface area (Å²) in [6.45, 7) is 5.87. The summed E-state index contributed by atoms with van der Waals surface area (Å²) in [5.74, 6) is 7.01. The number of hydrogen-bond acceptors (Lipinski definition) is 5. The minimum absolute atomic E-state index is 0.178. The van der Waals surface area contributed by atoms with Crippen molar-refractivity contribution in [2.75, 3.05) is 5.84 Å². The third kappa shape index (κ3) is 5.35. The number of aryl methyl sites for hydroxylation is 2. The van der Waals surface area contributed by atoms with Crippen LogP contribution in [0.3, 0.4) is 0 Å². The normalized spacial score (nSPS) is 11.0. The van der Waals surface area contributed by atoms with Gasteiger partial charge in [-0.05, 0) is 25.1 Å². The van der Waals surface area contributed by atoms with Crippen LogP contribution in [0.4, 0.5) is 4.39 Å². The molecule has 0 bridgehead atoms. The van der Waals surface area contributed by atoms with Crippen LogP contribution >= 0.6 is 0 Å². The molecule has 1 aromatic heterocycles. The highest BCUT2D eigenvalue weighted by atomic mass is 32.2. The molecule has 1 heterocycles. The second kappa shape index (κ2) is 8.28. The molecule has 144 valence electrons. The molecule has 27 heavy (non-hydrogen) atoms. The summed E-state index contributed by atoms with van der Waals surface area (Å²) in [5, 5.41) is 4.23. The fourth-order valence-corrected chi connectivity index (χ4v) is 2.77. The first-order chi connectivity index (χ1) is 12.6. The van der Waals surface area contributed by atoms with Crippen molar-refractivity contribution in [2.24, 2.45) is 0 Å². The number of nitrogens with two attached hydrogens (primary N) is 1. The van der Waals surface area contributed by atoms with E-state index in [2.05, 4.69) is 5.10 Å². The van der Waals surface area contributed by atoms with Gasteiger partial charge in [0.1, 0.15) is 22.5 Å². The van der Waals surface area contributed by atoms with Gasteiger partial charge in [-0.15, -0.1) is 9.36 Å². The van der Waals surface area contributed by atoms with Crippen molar-refractivity contribution in [3.05, 3.63) is 77.1 Å². The number of rotatable bonds is 3. The molecule has 0 fully saturated rings. The molecular weight excluding hydrogens is 371 g/mol. The van der Waals surface area contributed by atoms with E-state index in [9.17, 15) is 17.4 Å². The summed E-state index contributed by atoms with van der Waals surface area (Å²) in [4.78, 5) is -0.178. The van der Waals surface area contributed by atoms with Crippen molar-refractivity contribution in [3.8, 4) is 0 Å². The number of benzene rings is 2. The van der Waals surface area contributed by atoms with E-state index in [1.54, 1.807) is 35.0 Å². The highest BCUT2D eigenvalue weighted by molar-refractivity contribution is 7.85. The van der Waals surface area contributed by atoms with Gasteiger partial charge in [0.05, 0.1) is 4.90 Å². The average Bonchev–Trinajstić information content (AvgIpc) is 2.84. The molecule has 0 aliphatic carbocycles. The molecule has 0 aliphatic heterocycles. The summed E-state index contributed by atoms with van der Waals surface area (Å²) >= 11 is 0. The molecule has 0 unspecified atom stereocenters. The topological polar surface area (TPSA) is 105 Å². The molecule has 0 spiro atoms. The van der Waals surface area contributed by atoms with Crippen molar-refractivity contribution in [1.29, 1.82) is 0 Å². The summed E-state index contributed by atoms with van der Waals surface area (Å²) in [5.41, 5.74) is 1.53. The van der Waals surface area contributed by atoms with E-state index in [1.807, 2.05) is 20.8 Å². The van der Waals surface area contributed by atoms with Crippen LogP contribution in [0.25, 0.3) is 0 Å². The molecule has 2 N–H and O–H groups in total. The Morgan fingerprint density at radius 3 is 2.19 bits per heavy atom. The van der Waals surface area contributed by atoms with Crippen LogP contribution in [-0.2, 0) is 16.7 Å². The Bertz CT molecular complexity index is 1030. The number of nitrogens with zero attached hydrogens (tertiary/aromatic N) is 3. The first-order valence-electron chi connectivity index (χ1n) is 8.06. The van der Waals surface area contributed by atoms with E-state index in [-0.39, 0.29) is 10.7 Å². The molecule has 0 atom stereocenters. The zero-order valence-corrected chi connectivity index (χ0v) is 16.1. The fraction of sp³-hybridized carbons (Fsp3) is 0.222. The smallest absolute Gasteiger partial charge is 0.295 e. The van der Waals surface area contributed by atoms with Crippen LogP contribution in [0.5, 0.6) is 0 Å². The summed E-state index contributed by atoms with van der Waals surface area (Å²) in [7, 11) is -4.27. The number of nitrogen functional groups attached to an aromatic ring is 1. The lowest BCUT2D eigenvalue weighted by molar-refractivity contribution is -0.652. The number of halogens is 1. The van der Waals surface area contributed by atoms with E-state index >= 15 is 0 Å². The maximum absolute atomic E-state index is 13.4. The van der Waals surface area contributed by atoms with Crippen molar-refractivity contribution < 1.29 is 22.0 Å². The third-order valence-corrected chi connectivity index (χ3v) is 4.77. The van der Waals surface area contributed by atoms with Gasteiger partial charge >= 0.3 is 0 Å². The quantitative estimate of drug-likeness (QED) is 0.414. The Morgan fingerprint density at radius 1 is 1.11 bits per heavy atom. The standard InChI is InChI=1S/C11H14FN4.C7H8O3S/c1-8-14-15(9(2)16(8)13)7-10-5-3-4-6-11(10)12;1-6-2-4-7(5-3-6)11(8,9)10/h3-6H,7,13H2,1-2H3;2-5H,1H3,(H,8,9,10)/q+1;/p-1. The van der Waals surface area contributed by atoms with Gasteiger partial charge < -0.3 is 4.55 Å². The van der Waals surface area contributed by atoms with Crippen molar-refractivity contribution in [1.82, 2.24) is 9.78 Å². The molecule has 3 rings (SSSR count). The Morgan fingerprint density at radius 2 is 1.70 bits per heavy atom. The molecule has 9 heteroatoms. The molecule has 7 nitrogen and oxygen atoms in total. The van der Waals surface area contributed by atoms with E-state index < -0.39 is 10.1 Å². The molecule has 3 aromatic rings. The minimum atomic E-state index is -4.27. The van der Waals surface area contributed by atoms with Gasteiger partial charge in [0, 0.05) is 24.5 Å². The van der Waals surface area contributed by atoms with Crippen LogP contribution in [0.1, 0.15) is 22.8 Å². The Hall–Kier alpha value is -2.78.